The molecule has 2 unspecified atom stereocenters. The van der Waals surface area contributed by atoms with Crippen molar-refractivity contribution < 1.29 is 0 Å². The second-order valence-corrected chi connectivity index (χ2v) is 28.2. The van der Waals surface area contributed by atoms with Gasteiger partial charge in [0.2, 0.25) is 0 Å². The molecule has 0 radical (unpaired) electrons. The number of para-hydroxylation sites is 1. The fourth-order valence-corrected chi connectivity index (χ4v) is 14.3. The van der Waals surface area contributed by atoms with Crippen LogP contribution in [0.4, 0.5) is 45.5 Å². The van der Waals surface area contributed by atoms with Gasteiger partial charge >= 0.3 is 0 Å². The summed E-state index contributed by atoms with van der Waals surface area (Å²) in [5.74, 6) is 0. The number of nitrogens with zero attached hydrogens (tertiary/aromatic N) is 3. The maximum atomic E-state index is 2.80. The van der Waals surface area contributed by atoms with Crippen LogP contribution in [0.25, 0.3) is 22.3 Å². The number of hydrogen-bond donors (Lipinski definition) is 0. The predicted octanol–water partition coefficient (Wildman–Crippen LogP) is 18.6. The Morgan fingerprint density at radius 1 is 0.375 bits per heavy atom. The van der Waals surface area contributed by atoms with E-state index < -0.39 is 5.54 Å². The van der Waals surface area contributed by atoms with Gasteiger partial charge in [-0.3, -0.25) is 0 Å². The van der Waals surface area contributed by atoms with E-state index in [1.54, 1.807) is 0 Å². The standard InChI is InChI=1S/C76H78BN3/c1-71(2,3)52-33-37-63(57(43-52)49-25-17-15-18-26-49)78-66-32-24-23-31-61(66)77-62-46-55(74(10,11)12)36-40-67(62)79(64-38-34-53(72(4,5)6)44-58(64)50-27-19-16-20-28-50)69-48-56(47-68(78)70(69)77)80-65-39-35-54(73(7,8)9)45-60(65)75(13)42-41-51-29-21-22-30-59(51)76(75,80)14/h15-40,43-48H,41-42H2,1-14H3. The lowest BCUT2D eigenvalue weighted by Gasteiger charge is -2.52. The minimum Gasteiger partial charge on any atom is -0.330 e. The molecule has 0 N–H and O–H groups in total. The smallest absolute Gasteiger partial charge is 0.252 e. The van der Waals surface area contributed by atoms with Gasteiger partial charge in [0.25, 0.3) is 6.71 Å². The van der Waals surface area contributed by atoms with Gasteiger partial charge < -0.3 is 14.7 Å². The highest BCUT2D eigenvalue weighted by molar-refractivity contribution is 7.00. The predicted molar refractivity (Wildman–Crippen MR) is 344 cm³/mol. The zero-order chi connectivity index (χ0) is 56.1. The van der Waals surface area contributed by atoms with E-state index in [1.165, 1.54) is 123 Å². The Hall–Kier alpha value is -7.56. The Bertz CT molecular complexity index is 3920. The fraction of sp³-hybridized carbons (Fsp3) is 0.289. The molecule has 3 heterocycles. The Labute approximate surface area is 478 Å². The number of fused-ring (bicyclic) bond motifs is 9. The molecule has 0 saturated heterocycles. The van der Waals surface area contributed by atoms with Crippen LogP contribution in [0.5, 0.6) is 0 Å². The summed E-state index contributed by atoms with van der Waals surface area (Å²) in [7, 11) is 0. The molecule has 0 aromatic heterocycles. The molecule has 0 bridgehead atoms. The molecule has 13 rings (SSSR count). The zero-order valence-electron chi connectivity index (χ0n) is 49.8. The van der Waals surface area contributed by atoms with Crippen LogP contribution in [-0.4, -0.2) is 6.71 Å². The summed E-state index contributed by atoms with van der Waals surface area (Å²) in [6, 6.07) is 75.7. The van der Waals surface area contributed by atoms with Crippen molar-refractivity contribution in [2.24, 2.45) is 0 Å². The van der Waals surface area contributed by atoms with Gasteiger partial charge in [-0.05, 0) is 162 Å². The van der Waals surface area contributed by atoms with Crippen LogP contribution >= 0.6 is 0 Å². The average molecular weight is 1040 g/mol. The van der Waals surface area contributed by atoms with Gasteiger partial charge in [0.1, 0.15) is 0 Å². The van der Waals surface area contributed by atoms with E-state index in [4.69, 9.17) is 0 Å². The third-order valence-electron chi connectivity index (χ3n) is 19.1. The van der Waals surface area contributed by atoms with E-state index in [1.807, 2.05) is 0 Å². The Morgan fingerprint density at radius 3 is 1.35 bits per heavy atom. The quantitative estimate of drug-likeness (QED) is 0.159. The van der Waals surface area contributed by atoms with Gasteiger partial charge in [0.15, 0.2) is 0 Å². The van der Waals surface area contributed by atoms with Crippen molar-refractivity contribution in [2.75, 3.05) is 14.7 Å². The zero-order valence-corrected chi connectivity index (χ0v) is 49.8. The summed E-state index contributed by atoms with van der Waals surface area (Å²) in [5, 5.41) is 0. The first kappa shape index (κ1) is 51.9. The first-order valence-electron chi connectivity index (χ1n) is 29.4. The third-order valence-corrected chi connectivity index (χ3v) is 19.1. The minimum absolute atomic E-state index is 0.0145. The van der Waals surface area contributed by atoms with Crippen molar-refractivity contribution in [2.45, 2.75) is 142 Å². The largest absolute Gasteiger partial charge is 0.330 e. The lowest BCUT2D eigenvalue weighted by atomic mass is 9.33. The summed E-state index contributed by atoms with van der Waals surface area (Å²) in [6.07, 6.45) is 2.09. The van der Waals surface area contributed by atoms with Gasteiger partial charge in [0.05, 0.1) is 16.9 Å². The molecule has 9 aromatic carbocycles. The van der Waals surface area contributed by atoms with E-state index in [-0.39, 0.29) is 33.8 Å². The molecule has 3 nitrogen and oxygen atoms in total. The average Bonchev–Trinajstić information content (AvgIpc) is 3.88. The van der Waals surface area contributed by atoms with Crippen molar-refractivity contribution >= 4 is 68.6 Å². The first-order valence-corrected chi connectivity index (χ1v) is 29.4. The molecular formula is C76H78BN3. The van der Waals surface area contributed by atoms with Gasteiger partial charge in [-0.15, -0.1) is 0 Å². The summed E-state index contributed by atoms with van der Waals surface area (Å²) in [6.45, 7) is 33.3. The summed E-state index contributed by atoms with van der Waals surface area (Å²) in [5.41, 5.74) is 27.3. The molecule has 0 saturated carbocycles. The molecule has 0 fully saturated rings. The van der Waals surface area contributed by atoms with Crippen LogP contribution in [-0.2, 0) is 39.0 Å². The van der Waals surface area contributed by atoms with E-state index in [0.29, 0.717) is 0 Å². The molecule has 4 heteroatoms. The van der Waals surface area contributed by atoms with Crippen molar-refractivity contribution in [3.63, 3.8) is 0 Å². The molecule has 0 amide bonds. The minimum atomic E-state index is -0.440. The molecule has 80 heavy (non-hydrogen) atoms. The maximum absolute atomic E-state index is 2.80. The van der Waals surface area contributed by atoms with Gasteiger partial charge in [-0.25, -0.2) is 0 Å². The molecular weight excluding hydrogens is 966 g/mol. The first-order chi connectivity index (χ1) is 38.0. The highest BCUT2D eigenvalue weighted by Crippen LogP contribution is 2.65. The van der Waals surface area contributed by atoms with E-state index in [9.17, 15) is 0 Å². The number of benzene rings is 9. The maximum Gasteiger partial charge on any atom is 0.252 e. The van der Waals surface area contributed by atoms with Crippen LogP contribution in [0.3, 0.4) is 0 Å². The van der Waals surface area contributed by atoms with Crippen LogP contribution in [0.1, 0.15) is 142 Å². The third kappa shape index (κ3) is 7.89. The number of hydrogen-bond acceptors (Lipinski definition) is 3. The lowest BCUT2D eigenvalue weighted by Crippen LogP contribution is -2.61. The van der Waals surface area contributed by atoms with E-state index >= 15 is 0 Å². The highest BCUT2D eigenvalue weighted by Gasteiger charge is 2.60. The van der Waals surface area contributed by atoms with Crippen molar-refractivity contribution in [1.29, 1.82) is 0 Å². The van der Waals surface area contributed by atoms with Crippen LogP contribution in [0, 0.1) is 0 Å². The molecule has 1 aliphatic carbocycles. The van der Waals surface area contributed by atoms with E-state index in [2.05, 4.69) is 306 Å². The number of aryl methyl sites for hydroxylation is 1. The Balaban J connectivity index is 1.20. The fourth-order valence-electron chi connectivity index (χ4n) is 14.3. The van der Waals surface area contributed by atoms with Gasteiger partial charge in [-0.1, -0.05) is 230 Å². The lowest BCUT2D eigenvalue weighted by molar-refractivity contribution is 0.245. The highest BCUT2D eigenvalue weighted by atomic mass is 15.3. The van der Waals surface area contributed by atoms with Crippen molar-refractivity contribution in [3.05, 3.63) is 233 Å². The topological polar surface area (TPSA) is 9.72 Å². The summed E-state index contributed by atoms with van der Waals surface area (Å²) in [4.78, 5) is 8.14. The molecule has 400 valence electrons. The summed E-state index contributed by atoms with van der Waals surface area (Å²) < 4.78 is 0. The van der Waals surface area contributed by atoms with Gasteiger partial charge in [0, 0.05) is 50.7 Å². The number of anilines is 8. The monoisotopic (exact) mass is 1040 g/mol. The molecule has 3 aliphatic heterocycles. The molecule has 2 atom stereocenters. The van der Waals surface area contributed by atoms with Crippen molar-refractivity contribution in [3.8, 4) is 22.3 Å². The van der Waals surface area contributed by atoms with E-state index in [0.717, 1.165) is 12.8 Å². The number of rotatable bonds is 5. The summed E-state index contributed by atoms with van der Waals surface area (Å²) >= 11 is 0. The second-order valence-electron chi connectivity index (χ2n) is 28.2. The van der Waals surface area contributed by atoms with Crippen LogP contribution in [0.15, 0.2) is 194 Å². The Kier molecular flexibility index (Phi) is 11.7. The normalized spacial score (nSPS) is 18.3. The van der Waals surface area contributed by atoms with Gasteiger partial charge in [-0.2, -0.15) is 0 Å². The van der Waals surface area contributed by atoms with Crippen LogP contribution in [0.2, 0.25) is 0 Å². The second kappa shape index (κ2) is 18.0. The van der Waals surface area contributed by atoms with Crippen molar-refractivity contribution in [1.82, 2.24) is 0 Å². The molecule has 9 aromatic rings. The SMILES string of the molecule is CC(C)(C)c1ccc2c(c1)B1c3ccccc3N(c3ccc(C(C)(C)C)cc3-c3ccccc3)c3cc(N4c5ccc(C(C)(C)C)cc5C5(C)CCc6ccccc6C45C)cc(c31)N2c1ccc(C(C)(C)C)cc1-c1ccccc1. The molecule has 0 spiro atoms. The Morgan fingerprint density at radius 2 is 0.812 bits per heavy atom. The van der Waals surface area contributed by atoms with Crippen LogP contribution < -0.4 is 31.1 Å². The molecule has 4 aliphatic rings.